The quantitative estimate of drug-likeness (QED) is 0.172. The van der Waals surface area contributed by atoms with Crippen molar-refractivity contribution in [3.8, 4) is 55.9 Å². The van der Waals surface area contributed by atoms with Crippen LogP contribution in [-0.4, -0.2) is 9.97 Å². The predicted molar refractivity (Wildman–Crippen MR) is 228 cm³/mol. The van der Waals surface area contributed by atoms with E-state index in [1.807, 2.05) is 0 Å². The molecule has 55 heavy (non-hydrogen) atoms. The minimum atomic E-state index is -0.333. The summed E-state index contributed by atoms with van der Waals surface area (Å²) in [6.45, 7) is 9.21. The van der Waals surface area contributed by atoms with Gasteiger partial charge >= 0.3 is 0 Å². The van der Waals surface area contributed by atoms with Crippen molar-refractivity contribution in [2.45, 2.75) is 38.5 Å². The van der Waals surface area contributed by atoms with Crippen molar-refractivity contribution in [1.29, 1.82) is 0 Å². The molecule has 7 aromatic carbocycles. The standard InChI is InChI=1S/C52H41N3/c1-51(2)45-32-36(39-30-37(34-17-9-5-10-18-34)29-38(31-39)35-19-11-6-12-20-35)25-27-43(45)47-49(51)54-48-44-28-26-42(33-46(44)52(3,4)50(48)53-47)55(40-21-13-7-14-22-40)41-23-15-8-16-24-41/h5-33H,1-4H3. The first-order chi connectivity index (χ1) is 26.8. The Kier molecular flexibility index (Phi) is 7.50. The van der Waals surface area contributed by atoms with Crippen LogP contribution in [0.1, 0.15) is 50.2 Å². The summed E-state index contributed by atoms with van der Waals surface area (Å²) < 4.78 is 0. The van der Waals surface area contributed by atoms with Gasteiger partial charge in [0, 0.05) is 39.0 Å². The Labute approximate surface area is 323 Å². The first-order valence-electron chi connectivity index (χ1n) is 19.2. The third-order valence-corrected chi connectivity index (χ3v) is 11.7. The number of fused-ring (bicyclic) bond motifs is 6. The van der Waals surface area contributed by atoms with Crippen molar-refractivity contribution in [3.05, 3.63) is 198 Å². The third kappa shape index (κ3) is 5.33. The average Bonchev–Trinajstić information content (AvgIpc) is 3.59. The van der Waals surface area contributed by atoms with Crippen molar-refractivity contribution in [1.82, 2.24) is 9.97 Å². The monoisotopic (exact) mass is 707 g/mol. The van der Waals surface area contributed by atoms with Gasteiger partial charge in [-0.25, -0.2) is 9.97 Å². The van der Waals surface area contributed by atoms with Crippen LogP contribution < -0.4 is 4.90 Å². The molecule has 0 atom stereocenters. The van der Waals surface area contributed by atoms with Crippen molar-refractivity contribution >= 4 is 17.1 Å². The van der Waals surface area contributed by atoms with Crippen molar-refractivity contribution < 1.29 is 0 Å². The van der Waals surface area contributed by atoms with Crippen LogP contribution in [0.2, 0.25) is 0 Å². The second-order valence-corrected chi connectivity index (χ2v) is 15.9. The lowest BCUT2D eigenvalue weighted by atomic mass is 9.83. The van der Waals surface area contributed by atoms with E-state index in [4.69, 9.17) is 9.97 Å². The number of anilines is 3. The normalized spacial score (nSPS) is 14.1. The highest BCUT2D eigenvalue weighted by Gasteiger charge is 2.44. The van der Waals surface area contributed by atoms with Gasteiger partial charge in [0.2, 0.25) is 0 Å². The summed E-state index contributed by atoms with van der Waals surface area (Å²) in [7, 11) is 0. The number of hydrogen-bond donors (Lipinski definition) is 0. The summed E-state index contributed by atoms with van der Waals surface area (Å²) >= 11 is 0. The summed E-state index contributed by atoms with van der Waals surface area (Å²) in [5, 5.41) is 0. The Morgan fingerprint density at radius 3 is 1.22 bits per heavy atom. The van der Waals surface area contributed by atoms with E-state index in [-0.39, 0.29) is 10.8 Å². The molecule has 0 N–H and O–H groups in total. The van der Waals surface area contributed by atoms with Crippen molar-refractivity contribution in [2.75, 3.05) is 4.90 Å². The molecular formula is C52H41N3. The number of benzene rings is 7. The number of para-hydroxylation sites is 2. The summed E-state index contributed by atoms with van der Waals surface area (Å²) in [4.78, 5) is 13.5. The van der Waals surface area contributed by atoms with Gasteiger partial charge in [0.05, 0.1) is 22.8 Å². The number of nitrogens with zero attached hydrogens (tertiary/aromatic N) is 3. The second-order valence-electron chi connectivity index (χ2n) is 15.9. The molecule has 0 spiro atoms. The number of hydrogen-bond acceptors (Lipinski definition) is 3. The molecule has 0 fully saturated rings. The summed E-state index contributed by atoms with van der Waals surface area (Å²) in [5.41, 5.74) is 18.9. The molecule has 3 nitrogen and oxygen atoms in total. The average molecular weight is 708 g/mol. The van der Waals surface area contributed by atoms with E-state index in [0.29, 0.717) is 0 Å². The fourth-order valence-corrected chi connectivity index (χ4v) is 8.77. The lowest BCUT2D eigenvalue weighted by molar-refractivity contribution is 0.617. The Balaban J connectivity index is 1.06. The predicted octanol–water partition coefficient (Wildman–Crippen LogP) is 13.6. The SMILES string of the molecule is CC1(C)c2cc(-c3cc(-c4ccccc4)cc(-c4ccccc4)c3)ccc2-c2nc3c(nc21)-c1ccc(N(c2ccccc2)c2ccccc2)cc1C3(C)C. The molecular weight excluding hydrogens is 667 g/mol. The first kappa shape index (κ1) is 33.0. The fourth-order valence-electron chi connectivity index (χ4n) is 8.77. The maximum atomic E-state index is 5.56. The molecule has 0 aliphatic heterocycles. The number of aromatic nitrogens is 2. The van der Waals surface area contributed by atoms with Crippen LogP contribution in [0.4, 0.5) is 17.1 Å². The summed E-state index contributed by atoms with van der Waals surface area (Å²) in [5.74, 6) is 0. The van der Waals surface area contributed by atoms with E-state index in [1.54, 1.807) is 0 Å². The molecule has 0 bridgehead atoms. The molecule has 2 aliphatic rings. The van der Waals surface area contributed by atoms with Crippen LogP contribution in [0.5, 0.6) is 0 Å². The van der Waals surface area contributed by atoms with Gasteiger partial charge in [0.25, 0.3) is 0 Å². The minimum Gasteiger partial charge on any atom is -0.310 e. The van der Waals surface area contributed by atoms with E-state index in [9.17, 15) is 0 Å². The lowest BCUT2D eigenvalue weighted by Crippen LogP contribution is -2.20. The highest BCUT2D eigenvalue weighted by molar-refractivity contribution is 5.88. The van der Waals surface area contributed by atoms with Gasteiger partial charge in [-0.1, -0.05) is 143 Å². The molecule has 0 amide bonds. The van der Waals surface area contributed by atoms with Crippen LogP contribution >= 0.6 is 0 Å². The Morgan fingerprint density at radius 1 is 0.345 bits per heavy atom. The smallest absolute Gasteiger partial charge is 0.0933 e. The molecule has 2 aliphatic carbocycles. The van der Waals surface area contributed by atoms with Crippen LogP contribution in [0.3, 0.4) is 0 Å². The molecule has 264 valence electrons. The molecule has 1 aromatic heterocycles. The molecule has 8 aromatic rings. The largest absolute Gasteiger partial charge is 0.310 e. The van der Waals surface area contributed by atoms with Gasteiger partial charge in [0.1, 0.15) is 0 Å². The second kappa shape index (κ2) is 12.5. The zero-order valence-electron chi connectivity index (χ0n) is 31.6. The Morgan fingerprint density at radius 2 is 0.745 bits per heavy atom. The third-order valence-electron chi connectivity index (χ3n) is 11.7. The molecule has 0 unspecified atom stereocenters. The topological polar surface area (TPSA) is 29.0 Å². The van der Waals surface area contributed by atoms with Crippen molar-refractivity contribution in [3.63, 3.8) is 0 Å². The lowest BCUT2D eigenvalue weighted by Gasteiger charge is -2.27. The van der Waals surface area contributed by atoms with Gasteiger partial charge in [-0.3, -0.25) is 0 Å². The first-order valence-corrected chi connectivity index (χ1v) is 19.2. The fraction of sp³-hybridized carbons (Fsp3) is 0.115. The van der Waals surface area contributed by atoms with Crippen molar-refractivity contribution in [2.24, 2.45) is 0 Å². The zero-order valence-corrected chi connectivity index (χ0v) is 31.6. The summed E-state index contributed by atoms with van der Waals surface area (Å²) in [6, 6.07) is 63.3. The molecule has 0 saturated heterocycles. The van der Waals surface area contributed by atoms with Crippen LogP contribution in [0.15, 0.2) is 176 Å². The van der Waals surface area contributed by atoms with E-state index in [1.165, 1.54) is 55.6 Å². The van der Waals surface area contributed by atoms with Crippen LogP contribution in [-0.2, 0) is 10.8 Å². The summed E-state index contributed by atoms with van der Waals surface area (Å²) in [6.07, 6.45) is 0. The van der Waals surface area contributed by atoms with Gasteiger partial charge in [-0.2, -0.15) is 0 Å². The molecule has 0 saturated carbocycles. The maximum absolute atomic E-state index is 5.56. The highest BCUT2D eigenvalue weighted by Crippen LogP contribution is 2.54. The molecule has 3 heteroatoms. The van der Waals surface area contributed by atoms with Gasteiger partial charge < -0.3 is 4.90 Å². The minimum absolute atomic E-state index is 0.327. The number of rotatable bonds is 6. The van der Waals surface area contributed by atoms with Crippen LogP contribution in [0.25, 0.3) is 55.9 Å². The van der Waals surface area contributed by atoms with E-state index >= 15 is 0 Å². The van der Waals surface area contributed by atoms with Crippen LogP contribution in [0, 0.1) is 0 Å². The van der Waals surface area contributed by atoms with Gasteiger partial charge in [-0.15, -0.1) is 0 Å². The maximum Gasteiger partial charge on any atom is 0.0933 e. The highest BCUT2D eigenvalue weighted by atomic mass is 15.1. The Bertz CT molecular complexity index is 2640. The van der Waals surface area contributed by atoms with Gasteiger partial charge in [0.15, 0.2) is 0 Å². The molecule has 1 heterocycles. The van der Waals surface area contributed by atoms with Gasteiger partial charge in [-0.05, 0) is 105 Å². The van der Waals surface area contributed by atoms with E-state index < -0.39 is 0 Å². The van der Waals surface area contributed by atoms with E-state index in [0.717, 1.165) is 39.8 Å². The zero-order chi connectivity index (χ0) is 37.3. The molecule has 10 rings (SSSR count). The van der Waals surface area contributed by atoms with E-state index in [2.05, 4.69) is 209 Å². The Hall–Kier alpha value is -6.58. The molecule has 0 radical (unpaired) electrons.